The van der Waals surface area contributed by atoms with E-state index in [9.17, 15) is 4.79 Å². The van der Waals surface area contributed by atoms with Crippen LogP contribution in [0.5, 0.6) is 5.75 Å². The van der Waals surface area contributed by atoms with Crippen molar-refractivity contribution in [1.82, 2.24) is 10.2 Å². The summed E-state index contributed by atoms with van der Waals surface area (Å²) < 4.78 is 10.5. The molecule has 0 aliphatic heterocycles. The van der Waals surface area contributed by atoms with Crippen LogP contribution in [0.2, 0.25) is 0 Å². The van der Waals surface area contributed by atoms with Crippen LogP contribution in [0.25, 0.3) is 0 Å². The minimum absolute atomic E-state index is 0.0703. The summed E-state index contributed by atoms with van der Waals surface area (Å²) in [4.78, 5) is 10.4. The lowest BCUT2D eigenvalue weighted by Gasteiger charge is -2.00. The zero-order chi connectivity index (χ0) is 14.4. The summed E-state index contributed by atoms with van der Waals surface area (Å²) in [5.41, 5.74) is 1.04. The fourth-order valence-corrected chi connectivity index (χ4v) is 2.22. The van der Waals surface area contributed by atoms with Gasteiger partial charge in [-0.05, 0) is 17.7 Å². The van der Waals surface area contributed by atoms with Crippen LogP contribution in [0.1, 0.15) is 17.9 Å². The van der Waals surface area contributed by atoms with E-state index in [1.165, 1.54) is 11.8 Å². The molecule has 0 saturated carbocycles. The molecule has 0 bridgehead atoms. The molecule has 1 heterocycles. The van der Waals surface area contributed by atoms with Crippen molar-refractivity contribution in [3.8, 4) is 5.75 Å². The Labute approximate surface area is 120 Å². The van der Waals surface area contributed by atoms with Gasteiger partial charge in [-0.15, -0.1) is 10.2 Å². The van der Waals surface area contributed by atoms with Crippen LogP contribution in [0.15, 0.2) is 33.9 Å². The molecule has 0 saturated heterocycles. The summed E-state index contributed by atoms with van der Waals surface area (Å²) in [5.74, 6) is 0.882. The number of aliphatic carboxylic acids is 1. The van der Waals surface area contributed by atoms with Crippen LogP contribution >= 0.6 is 11.8 Å². The van der Waals surface area contributed by atoms with Crippen molar-refractivity contribution in [2.24, 2.45) is 0 Å². The lowest BCUT2D eigenvalue weighted by atomic mass is 10.1. The molecule has 0 spiro atoms. The summed E-state index contributed by atoms with van der Waals surface area (Å²) in [5, 5.41) is 16.7. The number of hydrogen-bond acceptors (Lipinski definition) is 6. The Kier molecular flexibility index (Phi) is 5.00. The smallest absolute Gasteiger partial charge is 0.304 e. The Balaban J connectivity index is 1.89. The maximum atomic E-state index is 10.4. The molecule has 0 amide bonds. The summed E-state index contributed by atoms with van der Waals surface area (Å²) in [6.45, 7) is 0. The topological polar surface area (TPSA) is 85.5 Å². The molecule has 0 aliphatic carbocycles. The Hall–Kier alpha value is -2.02. The van der Waals surface area contributed by atoms with Gasteiger partial charge in [-0.2, -0.15) is 0 Å². The zero-order valence-corrected chi connectivity index (χ0v) is 11.7. The summed E-state index contributed by atoms with van der Waals surface area (Å²) in [6, 6.07) is 7.60. The molecule has 0 atom stereocenters. The maximum Gasteiger partial charge on any atom is 0.304 e. The lowest BCUT2D eigenvalue weighted by Crippen LogP contribution is -1.95. The molecule has 0 unspecified atom stereocenters. The van der Waals surface area contributed by atoms with E-state index in [1.54, 1.807) is 7.11 Å². The first-order valence-corrected chi connectivity index (χ1v) is 6.96. The van der Waals surface area contributed by atoms with Crippen LogP contribution in [-0.2, 0) is 11.2 Å². The van der Waals surface area contributed by atoms with Crippen molar-refractivity contribution in [1.29, 1.82) is 0 Å². The molecule has 1 N–H and O–H groups in total. The monoisotopic (exact) mass is 294 g/mol. The third kappa shape index (κ3) is 4.27. The van der Waals surface area contributed by atoms with Gasteiger partial charge in [0.2, 0.25) is 5.89 Å². The number of carboxylic acids is 1. The molecule has 2 rings (SSSR count). The van der Waals surface area contributed by atoms with Gasteiger partial charge in [-0.25, -0.2) is 0 Å². The van der Waals surface area contributed by atoms with Gasteiger partial charge in [0.1, 0.15) is 5.75 Å². The third-order valence-corrected chi connectivity index (χ3v) is 3.32. The van der Waals surface area contributed by atoms with E-state index in [0.29, 0.717) is 23.3 Å². The molecule has 20 heavy (non-hydrogen) atoms. The van der Waals surface area contributed by atoms with Crippen LogP contribution in [-0.4, -0.2) is 34.1 Å². The minimum atomic E-state index is -0.838. The van der Waals surface area contributed by atoms with Crippen molar-refractivity contribution >= 4 is 17.7 Å². The van der Waals surface area contributed by atoms with Gasteiger partial charge in [-0.1, -0.05) is 23.9 Å². The highest BCUT2D eigenvalue weighted by atomic mass is 32.2. The SMILES string of the molecule is COc1ccc(Cc2nnc(SCCC(=O)O)o2)cc1. The highest BCUT2D eigenvalue weighted by Crippen LogP contribution is 2.19. The summed E-state index contributed by atoms with van der Waals surface area (Å²) in [6.07, 6.45) is 0.608. The van der Waals surface area contributed by atoms with Crippen LogP contribution in [0, 0.1) is 0 Å². The third-order valence-electron chi connectivity index (χ3n) is 2.50. The molecule has 106 valence electrons. The number of rotatable bonds is 7. The fourth-order valence-electron chi connectivity index (χ4n) is 1.51. The first-order chi connectivity index (χ1) is 9.67. The molecule has 2 aromatic rings. The molecule has 0 fully saturated rings. The molecule has 7 heteroatoms. The standard InChI is InChI=1S/C13H14N2O4S/c1-18-10-4-2-9(3-5-10)8-11-14-15-13(19-11)20-7-6-12(16)17/h2-5H,6-8H2,1H3,(H,16,17). The largest absolute Gasteiger partial charge is 0.497 e. The van der Waals surface area contributed by atoms with E-state index in [1.807, 2.05) is 24.3 Å². The van der Waals surface area contributed by atoms with Crippen LogP contribution in [0.4, 0.5) is 0 Å². The molecule has 6 nitrogen and oxygen atoms in total. The van der Waals surface area contributed by atoms with Crippen molar-refractivity contribution in [2.75, 3.05) is 12.9 Å². The Bertz CT molecular complexity index is 568. The van der Waals surface area contributed by atoms with Gasteiger partial charge < -0.3 is 14.3 Å². The van der Waals surface area contributed by atoms with E-state index >= 15 is 0 Å². The van der Waals surface area contributed by atoms with E-state index in [2.05, 4.69) is 10.2 Å². The molecular weight excluding hydrogens is 280 g/mol. The molecule has 0 aliphatic rings. The number of thioether (sulfide) groups is 1. The zero-order valence-electron chi connectivity index (χ0n) is 10.9. The lowest BCUT2D eigenvalue weighted by molar-refractivity contribution is -0.136. The van der Waals surface area contributed by atoms with Crippen molar-refractivity contribution in [3.63, 3.8) is 0 Å². The second kappa shape index (κ2) is 6.95. The maximum absolute atomic E-state index is 10.4. The van der Waals surface area contributed by atoms with Gasteiger partial charge in [-0.3, -0.25) is 4.79 Å². The molecule has 1 aromatic heterocycles. The van der Waals surface area contributed by atoms with E-state index in [4.69, 9.17) is 14.3 Å². The Morgan fingerprint density at radius 2 is 2.10 bits per heavy atom. The number of carboxylic acid groups (broad SMARTS) is 1. The average molecular weight is 294 g/mol. The minimum Gasteiger partial charge on any atom is -0.497 e. The summed E-state index contributed by atoms with van der Waals surface area (Å²) in [7, 11) is 1.62. The van der Waals surface area contributed by atoms with Gasteiger partial charge in [0.05, 0.1) is 20.0 Å². The second-order valence-electron chi connectivity index (χ2n) is 3.98. The number of ether oxygens (including phenoxy) is 1. The number of nitrogens with zero attached hydrogens (tertiary/aromatic N) is 2. The number of aromatic nitrogens is 2. The molecule has 1 aromatic carbocycles. The number of methoxy groups -OCH3 is 1. The first-order valence-electron chi connectivity index (χ1n) is 5.97. The van der Waals surface area contributed by atoms with E-state index in [-0.39, 0.29) is 6.42 Å². The van der Waals surface area contributed by atoms with Gasteiger partial charge in [0.25, 0.3) is 5.22 Å². The van der Waals surface area contributed by atoms with E-state index < -0.39 is 5.97 Å². The second-order valence-corrected chi connectivity index (χ2v) is 5.02. The number of carbonyl (C=O) groups is 1. The number of benzene rings is 1. The fraction of sp³-hybridized carbons (Fsp3) is 0.308. The van der Waals surface area contributed by atoms with Gasteiger partial charge in [0, 0.05) is 5.75 Å². The van der Waals surface area contributed by atoms with Crippen LogP contribution < -0.4 is 4.74 Å². The Morgan fingerprint density at radius 3 is 2.75 bits per heavy atom. The first kappa shape index (κ1) is 14.4. The normalized spacial score (nSPS) is 10.4. The molecule has 0 radical (unpaired) electrons. The van der Waals surface area contributed by atoms with Crippen LogP contribution in [0.3, 0.4) is 0 Å². The highest BCUT2D eigenvalue weighted by molar-refractivity contribution is 7.99. The van der Waals surface area contributed by atoms with Gasteiger partial charge >= 0.3 is 5.97 Å². The molecular formula is C13H14N2O4S. The van der Waals surface area contributed by atoms with Crippen molar-refractivity contribution in [2.45, 2.75) is 18.1 Å². The average Bonchev–Trinajstić information content (AvgIpc) is 2.87. The van der Waals surface area contributed by atoms with Crippen molar-refractivity contribution in [3.05, 3.63) is 35.7 Å². The Morgan fingerprint density at radius 1 is 1.35 bits per heavy atom. The quantitative estimate of drug-likeness (QED) is 0.784. The van der Waals surface area contributed by atoms with E-state index in [0.717, 1.165) is 11.3 Å². The number of hydrogen-bond donors (Lipinski definition) is 1. The van der Waals surface area contributed by atoms with Crippen molar-refractivity contribution < 1.29 is 19.1 Å². The van der Waals surface area contributed by atoms with Gasteiger partial charge in [0.15, 0.2) is 0 Å². The highest BCUT2D eigenvalue weighted by Gasteiger charge is 2.08. The predicted octanol–water partition coefficient (Wildman–Crippen LogP) is 2.24. The predicted molar refractivity (Wildman–Crippen MR) is 73.1 cm³/mol. The summed E-state index contributed by atoms with van der Waals surface area (Å²) >= 11 is 1.25.